The Kier molecular flexibility index (Phi) is 3.83. The highest BCUT2D eigenvalue weighted by atomic mass is 16.4. The van der Waals surface area contributed by atoms with Crippen molar-refractivity contribution in [3.05, 3.63) is 0 Å². The molecule has 96 valence electrons. The smallest absolute Gasteiger partial charge is 0.407 e. The zero-order valence-corrected chi connectivity index (χ0v) is 9.97. The topological polar surface area (TPSA) is 64.1 Å². The normalized spacial score (nSPS) is 21.2. The van der Waals surface area contributed by atoms with Gasteiger partial charge in [0.25, 0.3) is 0 Å². The minimum absolute atomic E-state index is 0.233. The maximum absolute atomic E-state index is 11.6. The van der Waals surface area contributed by atoms with E-state index in [1.54, 1.807) is 0 Å². The molecule has 1 N–H and O–H groups in total. The Morgan fingerprint density at radius 3 is 2.06 bits per heavy atom. The predicted octanol–water partition coefficient (Wildman–Crippen LogP) is -0.0956. The average molecular weight is 241 g/mol. The molecule has 2 heterocycles. The predicted molar refractivity (Wildman–Crippen MR) is 61.9 cm³/mol. The summed E-state index contributed by atoms with van der Waals surface area (Å²) in [6, 6.07) is 0. The lowest BCUT2D eigenvalue weighted by Crippen LogP contribution is -2.49. The van der Waals surface area contributed by atoms with Gasteiger partial charge in [0.2, 0.25) is 5.91 Å². The fraction of sp³-hybridized carbons (Fsp3) is 0.818. The molecule has 0 aromatic rings. The molecule has 0 spiro atoms. The van der Waals surface area contributed by atoms with E-state index >= 15 is 0 Å². The standard InChI is InChI=1S/C11H19N3O3/c15-10(13-3-1-4-13)2-5-12-6-8-14(9-7-12)11(16)17/h1-9H2,(H,16,17). The van der Waals surface area contributed by atoms with Crippen LogP contribution >= 0.6 is 0 Å². The van der Waals surface area contributed by atoms with Gasteiger partial charge in [-0.2, -0.15) is 0 Å². The number of likely N-dealkylation sites (tertiary alicyclic amines) is 1. The summed E-state index contributed by atoms with van der Waals surface area (Å²) in [5.41, 5.74) is 0. The summed E-state index contributed by atoms with van der Waals surface area (Å²) in [5, 5.41) is 8.80. The van der Waals surface area contributed by atoms with Crippen LogP contribution in [0.4, 0.5) is 4.79 Å². The van der Waals surface area contributed by atoms with Crippen molar-refractivity contribution in [1.82, 2.24) is 14.7 Å². The van der Waals surface area contributed by atoms with Crippen LogP contribution in [-0.4, -0.2) is 77.6 Å². The maximum Gasteiger partial charge on any atom is 0.407 e. The zero-order chi connectivity index (χ0) is 12.3. The van der Waals surface area contributed by atoms with Crippen molar-refractivity contribution in [3.63, 3.8) is 0 Å². The number of carbonyl (C=O) groups excluding carboxylic acids is 1. The van der Waals surface area contributed by atoms with E-state index in [0.29, 0.717) is 19.5 Å². The summed E-state index contributed by atoms with van der Waals surface area (Å²) >= 11 is 0. The summed E-state index contributed by atoms with van der Waals surface area (Å²) in [4.78, 5) is 27.8. The summed E-state index contributed by atoms with van der Waals surface area (Å²) in [6.07, 6.45) is 0.845. The second-order valence-electron chi connectivity index (χ2n) is 4.60. The van der Waals surface area contributed by atoms with Crippen LogP contribution in [0.3, 0.4) is 0 Å². The van der Waals surface area contributed by atoms with Crippen molar-refractivity contribution < 1.29 is 14.7 Å². The first-order chi connectivity index (χ1) is 8.16. The van der Waals surface area contributed by atoms with Crippen LogP contribution in [-0.2, 0) is 4.79 Å². The van der Waals surface area contributed by atoms with Gasteiger partial charge in [0.05, 0.1) is 0 Å². The Balaban J connectivity index is 1.64. The lowest BCUT2D eigenvalue weighted by molar-refractivity contribution is -0.135. The van der Waals surface area contributed by atoms with Gasteiger partial charge in [-0.05, 0) is 6.42 Å². The molecule has 17 heavy (non-hydrogen) atoms. The van der Waals surface area contributed by atoms with Gasteiger partial charge in [-0.15, -0.1) is 0 Å². The minimum atomic E-state index is -0.846. The molecule has 0 aromatic heterocycles. The molecule has 0 aromatic carbocycles. The van der Waals surface area contributed by atoms with Crippen molar-refractivity contribution in [1.29, 1.82) is 0 Å². The lowest BCUT2D eigenvalue weighted by Gasteiger charge is -2.34. The number of nitrogens with zero attached hydrogens (tertiary/aromatic N) is 3. The van der Waals surface area contributed by atoms with Crippen molar-refractivity contribution in [2.24, 2.45) is 0 Å². The lowest BCUT2D eigenvalue weighted by atomic mass is 10.2. The van der Waals surface area contributed by atoms with Crippen molar-refractivity contribution in [3.8, 4) is 0 Å². The number of hydrogen-bond donors (Lipinski definition) is 1. The molecular weight excluding hydrogens is 222 g/mol. The van der Waals surface area contributed by atoms with E-state index < -0.39 is 6.09 Å². The van der Waals surface area contributed by atoms with Gasteiger partial charge in [0.1, 0.15) is 0 Å². The van der Waals surface area contributed by atoms with Gasteiger partial charge >= 0.3 is 6.09 Å². The molecule has 2 rings (SSSR count). The third-order valence-corrected chi connectivity index (χ3v) is 3.49. The van der Waals surface area contributed by atoms with Crippen LogP contribution in [0.1, 0.15) is 12.8 Å². The fourth-order valence-electron chi connectivity index (χ4n) is 2.14. The second-order valence-corrected chi connectivity index (χ2v) is 4.60. The third kappa shape index (κ3) is 3.09. The van der Waals surface area contributed by atoms with Crippen LogP contribution in [0.5, 0.6) is 0 Å². The van der Waals surface area contributed by atoms with Gasteiger partial charge in [0.15, 0.2) is 0 Å². The van der Waals surface area contributed by atoms with Crippen molar-refractivity contribution >= 4 is 12.0 Å². The van der Waals surface area contributed by atoms with Crippen LogP contribution in [0.25, 0.3) is 0 Å². The molecule has 0 aliphatic carbocycles. The molecule has 2 aliphatic heterocycles. The largest absolute Gasteiger partial charge is 0.465 e. The second kappa shape index (κ2) is 5.35. The number of carbonyl (C=O) groups is 2. The van der Waals surface area contributed by atoms with E-state index in [0.717, 1.165) is 39.1 Å². The Morgan fingerprint density at radius 2 is 1.59 bits per heavy atom. The molecule has 2 aliphatic rings. The van der Waals surface area contributed by atoms with E-state index in [1.807, 2.05) is 4.90 Å². The number of amides is 2. The molecule has 6 nitrogen and oxygen atoms in total. The number of carboxylic acid groups (broad SMARTS) is 1. The fourth-order valence-corrected chi connectivity index (χ4v) is 2.14. The molecule has 6 heteroatoms. The van der Waals surface area contributed by atoms with E-state index in [1.165, 1.54) is 4.90 Å². The van der Waals surface area contributed by atoms with E-state index in [9.17, 15) is 9.59 Å². The highest BCUT2D eigenvalue weighted by Gasteiger charge is 2.23. The third-order valence-electron chi connectivity index (χ3n) is 3.49. The van der Waals surface area contributed by atoms with Gasteiger partial charge in [0, 0.05) is 52.2 Å². The summed E-state index contributed by atoms with van der Waals surface area (Å²) < 4.78 is 0. The first-order valence-electron chi connectivity index (χ1n) is 6.15. The van der Waals surface area contributed by atoms with Crippen LogP contribution in [0, 0.1) is 0 Å². The van der Waals surface area contributed by atoms with E-state index in [-0.39, 0.29) is 5.91 Å². The maximum atomic E-state index is 11.6. The van der Waals surface area contributed by atoms with Gasteiger partial charge in [-0.25, -0.2) is 4.79 Å². The Labute approximate surface area is 101 Å². The monoisotopic (exact) mass is 241 g/mol. The van der Waals surface area contributed by atoms with E-state index in [2.05, 4.69) is 4.90 Å². The molecule has 0 bridgehead atoms. The van der Waals surface area contributed by atoms with Gasteiger partial charge < -0.3 is 14.9 Å². The average Bonchev–Trinajstić information content (AvgIpc) is 2.24. The molecule has 0 saturated carbocycles. The van der Waals surface area contributed by atoms with Crippen molar-refractivity contribution in [2.75, 3.05) is 45.8 Å². The first-order valence-corrected chi connectivity index (χ1v) is 6.15. The molecule has 0 unspecified atom stereocenters. The minimum Gasteiger partial charge on any atom is -0.465 e. The number of hydrogen-bond acceptors (Lipinski definition) is 3. The molecular formula is C11H19N3O3. The van der Waals surface area contributed by atoms with Gasteiger partial charge in [-0.3, -0.25) is 9.69 Å². The summed E-state index contributed by atoms with van der Waals surface area (Å²) in [6.45, 7) is 5.14. The quantitative estimate of drug-likeness (QED) is 0.749. The first kappa shape index (κ1) is 12.2. The van der Waals surface area contributed by atoms with E-state index in [4.69, 9.17) is 5.11 Å². The highest BCUT2D eigenvalue weighted by Crippen LogP contribution is 2.09. The molecule has 0 atom stereocenters. The summed E-state index contributed by atoms with van der Waals surface area (Å²) in [5.74, 6) is 0.233. The number of piperazine rings is 1. The Hall–Kier alpha value is -1.30. The summed E-state index contributed by atoms with van der Waals surface area (Å²) in [7, 11) is 0. The molecule has 2 fully saturated rings. The Bertz CT molecular complexity index is 296. The van der Waals surface area contributed by atoms with Crippen LogP contribution in [0.2, 0.25) is 0 Å². The zero-order valence-electron chi connectivity index (χ0n) is 9.97. The highest BCUT2D eigenvalue weighted by molar-refractivity contribution is 5.77. The SMILES string of the molecule is O=C(O)N1CCN(CCC(=O)N2CCC2)CC1. The van der Waals surface area contributed by atoms with Gasteiger partial charge in [-0.1, -0.05) is 0 Å². The number of rotatable bonds is 3. The van der Waals surface area contributed by atoms with Crippen LogP contribution in [0.15, 0.2) is 0 Å². The molecule has 0 radical (unpaired) electrons. The van der Waals surface area contributed by atoms with Crippen LogP contribution < -0.4 is 0 Å². The molecule has 2 saturated heterocycles. The van der Waals surface area contributed by atoms with Crippen molar-refractivity contribution in [2.45, 2.75) is 12.8 Å². The Morgan fingerprint density at radius 1 is 0.941 bits per heavy atom. The molecule has 2 amide bonds.